The standard InChI is InChI=1S/C16H18ClN7O/c1-4-18-16(25)22-14-13(17)24-6-5-10(7-12(24)21-14)11-8-19-15(20-9-11)23(2)3/h5-9H,4H2,1-3H3,(H2,18,22,25). The molecule has 3 aromatic rings. The zero-order chi connectivity index (χ0) is 18.0. The maximum atomic E-state index is 11.7. The zero-order valence-electron chi connectivity index (χ0n) is 14.1. The number of urea groups is 1. The van der Waals surface area contributed by atoms with Crippen LogP contribution in [0.15, 0.2) is 30.7 Å². The van der Waals surface area contributed by atoms with E-state index >= 15 is 0 Å². The Bertz CT molecular complexity index is 905. The van der Waals surface area contributed by atoms with E-state index in [1.54, 1.807) is 23.0 Å². The largest absolute Gasteiger partial charge is 0.347 e. The molecular weight excluding hydrogens is 342 g/mol. The van der Waals surface area contributed by atoms with E-state index < -0.39 is 0 Å². The first-order chi connectivity index (χ1) is 12.0. The summed E-state index contributed by atoms with van der Waals surface area (Å²) in [6.45, 7) is 2.35. The molecule has 8 nitrogen and oxygen atoms in total. The fourth-order valence-electron chi connectivity index (χ4n) is 2.29. The van der Waals surface area contributed by atoms with Crippen LogP contribution in [0.4, 0.5) is 16.6 Å². The van der Waals surface area contributed by atoms with Gasteiger partial charge in [0.25, 0.3) is 0 Å². The van der Waals surface area contributed by atoms with Gasteiger partial charge in [0.05, 0.1) is 0 Å². The molecule has 3 heterocycles. The number of fused-ring (bicyclic) bond motifs is 1. The Morgan fingerprint density at radius 1 is 1.28 bits per heavy atom. The Kier molecular flexibility index (Phi) is 4.71. The van der Waals surface area contributed by atoms with Gasteiger partial charge in [-0.05, 0) is 24.6 Å². The number of nitrogens with zero attached hydrogens (tertiary/aromatic N) is 5. The van der Waals surface area contributed by atoms with Gasteiger partial charge < -0.3 is 10.2 Å². The van der Waals surface area contributed by atoms with Gasteiger partial charge in [-0.1, -0.05) is 11.6 Å². The lowest BCUT2D eigenvalue weighted by Crippen LogP contribution is -2.28. The molecule has 0 spiro atoms. The van der Waals surface area contributed by atoms with Crippen molar-refractivity contribution in [2.45, 2.75) is 6.92 Å². The number of halogens is 1. The molecule has 3 rings (SSSR count). The SMILES string of the molecule is CCNC(=O)Nc1nc2cc(-c3cnc(N(C)C)nc3)ccn2c1Cl. The van der Waals surface area contributed by atoms with Gasteiger partial charge in [-0.15, -0.1) is 0 Å². The summed E-state index contributed by atoms with van der Waals surface area (Å²) in [5.41, 5.74) is 2.39. The molecule has 0 saturated heterocycles. The second-order valence-corrected chi connectivity index (χ2v) is 5.90. The fraction of sp³-hybridized carbons (Fsp3) is 0.250. The van der Waals surface area contributed by atoms with Crippen LogP contribution in [0.5, 0.6) is 0 Å². The van der Waals surface area contributed by atoms with Crippen molar-refractivity contribution >= 4 is 35.0 Å². The van der Waals surface area contributed by atoms with Gasteiger partial charge in [-0.2, -0.15) is 0 Å². The molecule has 0 aliphatic heterocycles. The van der Waals surface area contributed by atoms with Crippen molar-refractivity contribution in [3.05, 3.63) is 35.9 Å². The summed E-state index contributed by atoms with van der Waals surface area (Å²) in [6.07, 6.45) is 5.31. The molecule has 0 saturated carbocycles. The minimum atomic E-state index is -0.347. The number of pyridine rings is 1. The molecule has 2 amide bonds. The predicted molar refractivity (Wildman–Crippen MR) is 98.3 cm³/mol. The molecule has 0 aliphatic carbocycles. The normalized spacial score (nSPS) is 10.7. The van der Waals surface area contributed by atoms with Crippen molar-refractivity contribution < 1.29 is 4.79 Å². The summed E-state index contributed by atoms with van der Waals surface area (Å²) in [7, 11) is 3.77. The molecule has 0 fully saturated rings. The van der Waals surface area contributed by atoms with Crippen molar-refractivity contribution in [3.63, 3.8) is 0 Å². The van der Waals surface area contributed by atoms with E-state index in [4.69, 9.17) is 11.6 Å². The van der Waals surface area contributed by atoms with Crippen LogP contribution in [0, 0.1) is 0 Å². The van der Waals surface area contributed by atoms with E-state index in [9.17, 15) is 4.79 Å². The Morgan fingerprint density at radius 2 is 2.00 bits per heavy atom. The molecule has 2 N–H and O–H groups in total. The number of carbonyl (C=O) groups excluding carboxylic acids is 1. The third-order valence-electron chi connectivity index (χ3n) is 3.51. The van der Waals surface area contributed by atoms with Crippen LogP contribution in [0.2, 0.25) is 5.15 Å². The Hall–Kier alpha value is -2.87. The van der Waals surface area contributed by atoms with Crippen molar-refractivity contribution in [3.8, 4) is 11.1 Å². The fourth-order valence-corrected chi connectivity index (χ4v) is 2.52. The van der Waals surface area contributed by atoms with Crippen molar-refractivity contribution in [2.75, 3.05) is 30.9 Å². The third-order valence-corrected chi connectivity index (χ3v) is 3.87. The Morgan fingerprint density at radius 3 is 2.64 bits per heavy atom. The smallest absolute Gasteiger partial charge is 0.320 e. The van der Waals surface area contributed by atoms with Gasteiger partial charge >= 0.3 is 6.03 Å². The average Bonchev–Trinajstić information content (AvgIpc) is 2.90. The number of hydrogen-bond donors (Lipinski definition) is 2. The number of hydrogen-bond acceptors (Lipinski definition) is 5. The molecule has 9 heteroatoms. The minimum Gasteiger partial charge on any atom is -0.347 e. The number of anilines is 2. The molecule has 0 bridgehead atoms. The number of carbonyl (C=O) groups is 1. The number of amides is 2. The van der Waals surface area contributed by atoms with Crippen LogP contribution in [0.3, 0.4) is 0 Å². The van der Waals surface area contributed by atoms with Gasteiger partial charge in [0.15, 0.2) is 11.0 Å². The van der Waals surface area contributed by atoms with Gasteiger partial charge in [0.2, 0.25) is 5.95 Å². The summed E-state index contributed by atoms with van der Waals surface area (Å²) >= 11 is 6.28. The van der Waals surface area contributed by atoms with Crippen LogP contribution in [-0.2, 0) is 0 Å². The van der Waals surface area contributed by atoms with E-state index in [1.165, 1.54) is 0 Å². The summed E-state index contributed by atoms with van der Waals surface area (Å²) in [6, 6.07) is 3.41. The molecule has 0 atom stereocenters. The summed E-state index contributed by atoms with van der Waals surface area (Å²) in [5.74, 6) is 0.950. The molecular formula is C16H18ClN7O. The van der Waals surface area contributed by atoms with Crippen LogP contribution in [0.25, 0.3) is 16.8 Å². The third kappa shape index (κ3) is 3.48. The zero-order valence-corrected chi connectivity index (χ0v) is 14.9. The topological polar surface area (TPSA) is 87.4 Å². The molecule has 25 heavy (non-hydrogen) atoms. The van der Waals surface area contributed by atoms with Gasteiger partial charge in [0, 0.05) is 44.8 Å². The maximum Gasteiger partial charge on any atom is 0.320 e. The number of nitrogens with one attached hydrogen (secondary N) is 2. The number of aromatic nitrogens is 4. The summed E-state index contributed by atoms with van der Waals surface area (Å²) in [4.78, 5) is 26.5. The molecule has 0 aliphatic rings. The quantitative estimate of drug-likeness (QED) is 0.747. The first-order valence-corrected chi connectivity index (χ1v) is 8.09. The molecule has 130 valence electrons. The second-order valence-electron chi connectivity index (χ2n) is 5.55. The lowest BCUT2D eigenvalue weighted by atomic mass is 10.1. The van der Waals surface area contributed by atoms with Crippen molar-refractivity contribution in [2.24, 2.45) is 0 Å². The van der Waals surface area contributed by atoms with E-state index in [-0.39, 0.29) is 6.03 Å². The lowest BCUT2D eigenvalue weighted by molar-refractivity contribution is 0.252. The number of imidazole rings is 1. The van der Waals surface area contributed by atoms with Crippen LogP contribution < -0.4 is 15.5 Å². The summed E-state index contributed by atoms with van der Waals surface area (Å²) in [5, 5.41) is 5.61. The highest BCUT2D eigenvalue weighted by molar-refractivity contribution is 6.32. The van der Waals surface area contributed by atoms with Gasteiger partial charge in [-0.25, -0.2) is 19.7 Å². The number of rotatable bonds is 4. The molecule has 0 aromatic carbocycles. The van der Waals surface area contributed by atoms with Crippen LogP contribution >= 0.6 is 11.6 Å². The first kappa shape index (κ1) is 17.0. The monoisotopic (exact) mass is 359 g/mol. The summed E-state index contributed by atoms with van der Waals surface area (Å²) < 4.78 is 1.70. The highest BCUT2D eigenvalue weighted by Crippen LogP contribution is 2.26. The van der Waals surface area contributed by atoms with E-state index in [0.717, 1.165) is 11.1 Å². The van der Waals surface area contributed by atoms with E-state index in [2.05, 4.69) is 25.6 Å². The lowest BCUT2D eigenvalue weighted by Gasteiger charge is -2.09. The van der Waals surface area contributed by atoms with Crippen molar-refractivity contribution in [1.82, 2.24) is 24.7 Å². The first-order valence-electron chi connectivity index (χ1n) is 7.71. The van der Waals surface area contributed by atoms with Crippen LogP contribution in [0.1, 0.15) is 6.92 Å². The predicted octanol–water partition coefficient (Wildman–Crippen LogP) is 2.65. The minimum absolute atomic E-state index is 0.309. The molecule has 0 radical (unpaired) electrons. The molecule has 3 aromatic heterocycles. The van der Waals surface area contributed by atoms with E-state index in [0.29, 0.717) is 29.1 Å². The van der Waals surface area contributed by atoms with Gasteiger partial charge in [-0.3, -0.25) is 9.72 Å². The van der Waals surface area contributed by atoms with Gasteiger partial charge in [0.1, 0.15) is 5.65 Å². The molecule has 0 unspecified atom stereocenters. The van der Waals surface area contributed by atoms with E-state index in [1.807, 2.05) is 38.1 Å². The highest BCUT2D eigenvalue weighted by atomic mass is 35.5. The highest BCUT2D eigenvalue weighted by Gasteiger charge is 2.13. The second kappa shape index (κ2) is 6.94. The van der Waals surface area contributed by atoms with Crippen molar-refractivity contribution in [1.29, 1.82) is 0 Å². The van der Waals surface area contributed by atoms with Crippen LogP contribution in [-0.4, -0.2) is 46.0 Å². The average molecular weight is 360 g/mol. The Labute approximate surface area is 149 Å². The Balaban J connectivity index is 1.93. The maximum absolute atomic E-state index is 11.7.